The van der Waals surface area contributed by atoms with Crippen molar-refractivity contribution in [2.24, 2.45) is 0 Å². The van der Waals surface area contributed by atoms with E-state index in [1.54, 1.807) is 24.3 Å². The third kappa shape index (κ3) is 4.13. The van der Waals surface area contributed by atoms with E-state index in [2.05, 4.69) is 23.1 Å². The fraction of sp³-hybridized carbons (Fsp3) is 0.423. The minimum absolute atomic E-state index is 0.0631. The molecule has 2 fully saturated rings. The Bertz CT molecular complexity index is 1030. The molecule has 32 heavy (non-hydrogen) atoms. The highest BCUT2D eigenvalue weighted by atomic mass is 16.2. The van der Waals surface area contributed by atoms with E-state index in [1.807, 2.05) is 42.1 Å². The van der Waals surface area contributed by atoms with Crippen molar-refractivity contribution in [3.05, 3.63) is 71.3 Å². The first-order valence-electron chi connectivity index (χ1n) is 11.2. The molecule has 4 rings (SSSR count). The number of rotatable bonds is 5. The quantitative estimate of drug-likeness (QED) is 0.732. The van der Waals surface area contributed by atoms with Crippen molar-refractivity contribution in [3.63, 3.8) is 0 Å². The van der Waals surface area contributed by atoms with E-state index in [4.69, 9.17) is 0 Å². The molecule has 0 spiro atoms. The van der Waals surface area contributed by atoms with Crippen molar-refractivity contribution in [1.82, 2.24) is 14.7 Å². The summed E-state index contributed by atoms with van der Waals surface area (Å²) < 4.78 is 0. The van der Waals surface area contributed by atoms with E-state index >= 15 is 0 Å². The highest BCUT2D eigenvalue weighted by Crippen LogP contribution is 2.46. The molecule has 2 heterocycles. The summed E-state index contributed by atoms with van der Waals surface area (Å²) in [5.74, 6) is 0.0993. The fourth-order valence-corrected chi connectivity index (χ4v) is 5.22. The van der Waals surface area contributed by atoms with Gasteiger partial charge < -0.3 is 14.7 Å². The van der Waals surface area contributed by atoms with Gasteiger partial charge in [-0.3, -0.25) is 9.59 Å². The maximum Gasteiger partial charge on any atom is 0.254 e. The number of likely N-dealkylation sites (N-methyl/N-ethyl adjacent to an activating group) is 1. The third-order valence-electron chi connectivity index (χ3n) is 7.01. The van der Waals surface area contributed by atoms with Crippen LogP contribution in [0.2, 0.25) is 0 Å². The van der Waals surface area contributed by atoms with Gasteiger partial charge in [0.05, 0.1) is 17.7 Å². The van der Waals surface area contributed by atoms with E-state index in [0.29, 0.717) is 37.2 Å². The van der Waals surface area contributed by atoms with Gasteiger partial charge in [-0.25, -0.2) is 0 Å². The lowest BCUT2D eigenvalue weighted by Gasteiger charge is -2.38. The van der Waals surface area contributed by atoms with Crippen molar-refractivity contribution in [2.45, 2.75) is 30.7 Å². The molecule has 0 aliphatic carbocycles. The number of carbonyl (C=O) groups excluding carboxylic acids is 2. The van der Waals surface area contributed by atoms with E-state index < -0.39 is 0 Å². The van der Waals surface area contributed by atoms with Gasteiger partial charge in [0, 0.05) is 43.6 Å². The molecule has 2 aromatic carbocycles. The average Bonchev–Trinajstić information content (AvgIpc) is 3.12. The number of nitriles is 1. The van der Waals surface area contributed by atoms with Gasteiger partial charge in [0.15, 0.2) is 0 Å². The topological polar surface area (TPSA) is 67.7 Å². The molecule has 6 nitrogen and oxygen atoms in total. The second-order valence-corrected chi connectivity index (χ2v) is 9.12. The number of fused-ring (bicyclic) bond motifs is 1. The molecule has 0 bridgehead atoms. The number of nitrogens with zero attached hydrogens (tertiary/aromatic N) is 4. The van der Waals surface area contributed by atoms with Crippen molar-refractivity contribution < 1.29 is 9.59 Å². The zero-order valence-corrected chi connectivity index (χ0v) is 18.8. The van der Waals surface area contributed by atoms with Gasteiger partial charge >= 0.3 is 0 Å². The Hall–Kier alpha value is -3.17. The van der Waals surface area contributed by atoms with Crippen LogP contribution in [0.5, 0.6) is 0 Å². The van der Waals surface area contributed by atoms with Crippen LogP contribution in [0, 0.1) is 11.3 Å². The summed E-state index contributed by atoms with van der Waals surface area (Å²) in [4.78, 5) is 32.6. The summed E-state index contributed by atoms with van der Waals surface area (Å²) in [6.07, 6.45) is 2.06. The molecule has 6 heteroatoms. The molecule has 2 saturated heterocycles. The summed E-state index contributed by atoms with van der Waals surface area (Å²) in [5.41, 5.74) is 1.97. The summed E-state index contributed by atoms with van der Waals surface area (Å²) in [7, 11) is 4.01. The average molecular weight is 431 g/mol. The largest absolute Gasteiger partial charge is 0.339 e. The molecule has 2 amide bonds. The number of benzene rings is 2. The normalized spacial score (nSPS) is 23.1. The SMILES string of the molecule is CN(C)CCN1CC2N(C(=O)c3cccc(C#N)c3)CCC2(c2ccccc2)CCC1=O. The van der Waals surface area contributed by atoms with Crippen LogP contribution in [0.15, 0.2) is 54.6 Å². The van der Waals surface area contributed by atoms with Crippen LogP contribution in [0.4, 0.5) is 0 Å². The van der Waals surface area contributed by atoms with Crippen LogP contribution in [0.25, 0.3) is 0 Å². The van der Waals surface area contributed by atoms with E-state index in [1.165, 1.54) is 5.56 Å². The zero-order valence-electron chi connectivity index (χ0n) is 18.8. The molecule has 2 atom stereocenters. The maximum atomic E-state index is 13.6. The smallest absolute Gasteiger partial charge is 0.254 e. The lowest BCUT2D eigenvalue weighted by atomic mass is 9.71. The van der Waals surface area contributed by atoms with Crippen molar-refractivity contribution >= 4 is 11.8 Å². The Morgan fingerprint density at radius 3 is 2.66 bits per heavy atom. The number of hydrogen-bond acceptors (Lipinski definition) is 4. The van der Waals surface area contributed by atoms with Gasteiger partial charge in [-0.15, -0.1) is 0 Å². The maximum absolute atomic E-state index is 13.6. The number of carbonyl (C=O) groups is 2. The molecule has 0 radical (unpaired) electrons. The highest BCUT2D eigenvalue weighted by molar-refractivity contribution is 5.95. The van der Waals surface area contributed by atoms with Crippen LogP contribution < -0.4 is 0 Å². The minimum Gasteiger partial charge on any atom is -0.339 e. The zero-order chi connectivity index (χ0) is 22.7. The third-order valence-corrected chi connectivity index (χ3v) is 7.01. The van der Waals surface area contributed by atoms with Gasteiger partial charge in [-0.05, 0) is 50.7 Å². The molecule has 2 aromatic rings. The van der Waals surface area contributed by atoms with Crippen LogP contribution in [0.3, 0.4) is 0 Å². The Morgan fingerprint density at radius 2 is 1.94 bits per heavy atom. The summed E-state index contributed by atoms with van der Waals surface area (Å²) in [6.45, 7) is 2.62. The van der Waals surface area contributed by atoms with Crippen LogP contribution in [-0.4, -0.2) is 72.8 Å². The van der Waals surface area contributed by atoms with Crippen molar-refractivity contribution in [1.29, 1.82) is 5.26 Å². The first-order chi connectivity index (χ1) is 15.4. The predicted molar refractivity (Wildman–Crippen MR) is 123 cm³/mol. The predicted octanol–water partition coefficient (Wildman–Crippen LogP) is 2.89. The summed E-state index contributed by atoms with van der Waals surface area (Å²) in [6, 6.07) is 19.3. The van der Waals surface area contributed by atoms with Gasteiger partial charge in [0.1, 0.15) is 0 Å². The lowest BCUT2D eigenvalue weighted by molar-refractivity contribution is -0.131. The fourth-order valence-electron chi connectivity index (χ4n) is 5.22. The van der Waals surface area contributed by atoms with Gasteiger partial charge in [0.25, 0.3) is 5.91 Å². The van der Waals surface area contributed by atoms with Gasteiger partial charge in [0.2, 0.25) is 5.91 Å². The monoisotopic (exact) mass is 430 g/mol. The molecule has 0 saturated carbocycles. The number of amides is 2. The van der Waals surface area contributed by atoms with E-state index in [-0.39, 0.29) is 23.3 Å². The molecule has 2 aliphatic heterocycles. The highest BCUT2D eigenvalue weighted by Gasteiger charge is 2.52. The van der Waals surface area contributed by atoms with Crippen molar-refractivity contribution in [3.8, 4) is 6.07 Å². The molecule has 0 N–H and O–H groups in total. The van der Waals surface area contributed by atoms with Crippen LogP contribution in [-0.2, 0) is 10.2 Å². The Labute approximate surface area is 190 Å². The van der Waals surface area contributed by atoms with E-state index in [9.17, 15) is 14.9 Å². The Morgan fingerprint density at radius 1 is 1.16 bits per heavy atom. The summed E-state index contributed by atoms with van der Waals surface area (Å²) in [5, 5.41) is 9.27. The summed E-state index contributed by atoms with van der Waals surface area (Å²) >= 11 is 0. The second-order valence-electron chi connectivity index (χ2n) is 9.12. The first kappa shape index (κ1) is 22.0. The van der Waals surface area contributed by atoms with E-state index in [0.717, 1.165) is 19.4 Å². The Kier molecular flexibility index (Phi) is 6.29. The number of likely N-dealkylation sites (tertiary alicyclic amines) is 2. The van der Waals surface area contributed by atoms with Crippen LogP contribution in [0.1, 0.15) is 40.7 Å². The molecular weight excluding hydrogens is 400 g/mol. The van der Waals surface area contributed by atoms with Crippen LogP contribution >= 0.6 is 0 Å². The second kappa shape index (κ2) is 9.13. The molecule has 2 unspecified atom stereocenters. The number of hydrogen-bond donors (Lipinski definition) is 0. The minimum atomic E-state index is -0.244. The first-order valence-corrected chi connectivity index (χ1v) is 11.2. The standard InChI is InChI=1S/C26H30N4O2/c1-28(2)15-16-29-19-23-26(12-11-24(29)31,22-9-4-3-5-10-22)13-14-30(23)25(32)21-8-6-7-20(17-21)18-27/h3-10,17,23H,11-16,19H2,1-2H3. The molecule has 2 aliphatic rings. The van der Waals surface area contributed by atoms with Gasteiger partial charge in [-0.2, -0.15) is 5.26 Å². The molecule has 166 valence electrons. The molecular formula is C26H30N4O2. The lowest BCUT2D eigenvalue weighted by Crippen LogP contribution is -2.51. The van der Waals surface area contributed by atoms with Crippen molar-refractivity contribution in [2.75, 3.05) is 40.3 Å². The Balaban J connectivity index is 1.72. The molecule has 0 aromatic heterocycles. The van der Waals surface area contributed by atoms with Gasteiger partial charge in [-0.1, -0.05) is 36.4 Å².